The number of piperidine rings is 1. The lowest BCUT2D eigenvalue weighted by molar-refractivity contribution is 0.0447. The highest BCUT2D eigenvalue weighted by Gasteiger charge is 2.22. The van der Waals surface area contributed by atoms with Crippen LogP contribution in [0.15, 0.2) is 18.7 Å². The summed E-state index contributed by atoms with van der Waals surface area (Å²) in [6.07, 6.45) is 5.44. The molecule has 0 aromatic carbocycles. The lowest BCUT2D eigenvalue weighted by Gasteiger charge is -2.28. The zero-order chi connectivity index (χ0) is 13.9. The lowest BCUT2D eigenvalue weighted by atomic mass is 10.1. The fraction of sp³-hybridized carbons (Fsp3) is 0.500. The maximum Gasteiger partial charge on any atom is 0.411 e. The van der Waals surface area contributed by atoms with Gasteiger partial charge in [0.2, 0.25) is 0 Å². The Morgan fingerprint density at radius 2 is 2.25 bits per heavy atom. The zero-order valence-corrected chi connectivity index (χ0v) is 10.8. The van der Waals surface area contributed by atoms with E-state index >= 15 is 0 Å². The van der Waals surface area contributed by atoms with E-state index in [-0.39, 0.29) is 18.9 Å². The van der Waals surface area contributed by atoms with Crippen molar-refractivity contribution in [3.8, 4) is 11.4 Å². The van der Waals surface area contributed by atoms with E-state index in [1.165, 1.54) is 0 Å². The minimum Gasteiger partial charge on any atom is -0.428 e. The monoisotopic (exact) mass is 277 g/mol. The maximum absolute atomic E-state index is 11.9. The summed E-state index contributed by atoms with van der Waals surface area (Å²) in [4.78, 5) is 17.6. The molecule has 20 heavy (non-hydrogen) atoms. The highest BCUT2D eigenvalue weighted by atomic mass is 16.6. The quantitative estimate of drug-likeness (QED) is 0.850. The number of aliphatic hydroxyl groups is 1. The van der Waals surface area contributed by atoms with Crippen molar-refractivity contribution < 1.29 is 14.6 Å². The van der Waals surface area contributed by atoms with Crippen LogP contribution >= 0.6 is 0 Å². The summed E-state index contributed by atoms with van der Waals surface area (Å²) in [5.74, 6) is 0.567. The van der Waals surface area contributed by atoms with Crippen LogP contribution in [0.5, 0.6) is 0 Å². The molecule has 1 fully saturated rings. The second kappa shape index (κ2) is 5.41. The molecule has 0 unspecified atom stereocenters. The fourth-order valence-corrected chi connectivity index (χ4v) is 2.13. The molecule has 8 nitrogen and oxygen atoms in total. The first kappa shape index (κ1) is 12.8. The Morgan fingerprint density at radius 3 is 3.05 bits per heavy atom. The molecular formula is C12H15N5O3. The Balaban J connectivity index is 1.56. The van der Waals surface area contributed by atoms with Crippen LogP contribution in [0.3, 0.4) is 0 Å². The summed E-state index contributed by atoms with van der Waals surface area (Å²) in [5, 5.41) is 17.0. The number of nitrogens with zero attached hydrogens (tertiary/aromatic N) is 5. The van der Waals surface area contributed by atoms with Crippen LogP contribution in [-0.2, 0) is 11.5 Å². The van der Waals surface area contributed by atoms with E-state index in [0.717, 1.165) is 5.56 Å². The molecule has 1 saturated heterocycles. The summed E-state index contributed by atoms with van der Waals surface area (Å²) in [6, 6.07) is 0. The number of amides is 1. The third kappa shape index (κ3) is 2.69. The molecule has 3 aliphatic heterocycles. The van der Waals surface area contributed by atoms with E-state index in [1.54, 1.807) is 28.2 Å². The summed E-state index contributed by atoms with van der Waals surface area (Å²) in [5.41, 5.74) is 0.796. The van der Waals surface area contributed by atoms with Gasteiger partial charge in [-0.25, -0.2) is 9.78 Å². The predicted octanol–water partition coefficient (Wildman–Crippen LogP) is 0.329. The zero-order valence-electron chi connectivity index (χ0n) is 10.8. The molecule has 0 aromatic heterocycles. The van der Waals surface area contributed by atoms with Gasteiger partial charge in [-0.3, -0.25) is 0 Å². The molecular weight excluding hydrogens is 262 g/mol. The van der Waals surface area contributed by atoms with Crippen molar-refractivity contribution in [1.29, 1.82) is 0 Å². The average Bonchev–Trinajstić information content (AvgIpc) is 2.93. The Hall–Kier alpha value is -2.22. The van der Waals surface area contributed by atoms with Crippen molar-refractivity contribution in [1.82, 2.24) is 24.6 Å². The molecule has 3 heterocycles. The minimum absolute atomic E-state index is 0.0893. The number of hydrogen-bond donors (Lipinski definition) is 1. The van der Waals surface area contributed by atoms with Crippen LogP contribution in [-0.4, -0.2) is 55.0 Å². The Bertz CT molecular complexity index is 564. The third-order valence-corrected chi connectivity index (χ3v) is 3.30. The number of ether oxygens (including phenoxy) is 1. The third-order valence-electron chi connectivity index (χ3n) is 3.30. The van der Waals surface area contributed by atoms with Gasteiger partial charge < -0.3 is 19.3 Å². The number of likely N-dealkylation sites (tertiary alicyclic amines) is 1. The lowest BCUT2D eigenvalue weighted by Crippen LogP contribution is -2.40. The van der Waals surface area contributed by atoms with Gasteiger partial charge in [-0.05, 0) is 12.8 Å². The van der Waals surface area contributed by atoms with Crippen LogP contribution in [0.1, 0.15) is 12.8 Å². The number of rotatable bonds is 2. The molecule has 3 rings (SSSR count). The average molecular weight is 277 g/mol. The van der Waals surface area contributed by atoms with Gasteiger partial charge in [0, 0.05) is 19.3 Å². The minimum atomic E-state index is -0.372. The standard InChI is InChI=1S/C12H15N5O3/c18-10-1-3-17(4-2-10)12(19)20-8-16-6-9-5-14-15-11(9)13-7-16/h5-7,10,18H,1-4,8H2. The summed E-state index contributed by atoms with van der Waals surface area (Å²) < 4.78 is 6.87. The fourth-order valence-electron chi connectivity index (χ4n) is 2.13. The smallest absolute Gasteiger partial charge is 0.411 e. The van der Waals surface area contributed by atoms with Gasteiger partial charge >= 0.3 is 6.09 Å². The predicted molar refractivity (Wildman–Crippen MR) is 67.7 cm³/mol. The number of aromatic nitrogens is 4. The number of fused-ring (bicyclic) bond motifs is 1. The molecule has 1 N–H and O–H groups in total. The van der Waals surface area contributed by atoms with Crippen LogP contribution in [0, 0.1) is 0 Å². The van der Waals surface area contributed by atoms with Crippen molar-refractivity contribution >= 4 is 6.09 Å². The molecule has 0 atom stereocenters. The van der Waals surface area contributed by atoms with Crippen molar-refractivity contribution in [2.75, 3.05) is 13.1 Å². The number of carbonyl (C=O) groups excluding carboxylic acids is 1. The molecule has 106 valence electrons. The van der Waals surface area contributed by atoms with E-state index in [9.17, 15) is 9.90 Å². The van der Waals surface area contributed by atoms with Crippen molar-refractivity contribution in [3.05, 3.63) is 18.7 Å². The molecule has 0 radical (unpaired) electrons. The van der Waals surface area contributed by atoms with Gasteiger partial charge in [-0.1, -0.05) is 0 Å². The Kier molecular flexibility index (Phi) is 3.46. The molecule has 3 aliphatic rings. The maximum atomic E-state index is 11.9. The van der Waals surface area contributed by atoms with Gasteiger partial charge in [0.1, 0.15) is 0 Å². The molecule has 1 amide bonds. The van der Waals surface area contributed by atoms with E-state index in [2.05, 4.69) is 15.2 Å². The van der Waals surface area contributed by atoms with Crippen molar-refractivity contribution in [2.45, 2.75) is 25.7 Å². The van der Waals surface area contributed by atoms with Crippen LogP contribution < -0.4 is 0 Å². The largest absolute Gasteiger partial charge is 0.428 e. The normalized spacial score (nSPS) is 16.6. The first-order valence-electron chi connectivity index (χ1n) is 6.45. The molecule has 8 heteroatoms. The van der Waals surface area contributed by atoms with E-state index < -0.39 is 0 Å². The SMILES string of the molecule is O=C(OCn1cnc2nncc-2c1)N1CCC(O)CC1. The number of hydrogen-bond acceptors (Lipinski definition) is 6. The van der Waals surface area contributed by atoms with Crippen molar-refractivity contribution in [3.63, 3.8) is 0 Å². The number of carbonyl (C=O) groups is 1. The van der Waals surface area contributed by atoms with Gasteiger partial charge in [-0.2, -0.15) is 5.10 Å². The summed E-state index contributed by atoms with van der Waals surface area (Å²) in [7, 11) is 0. The topological polar surface area (TPSA) is 93.4 Å². The molecule has 0 aromatic rings. The molecule has 0 aliphatic carbocycles. The summed E-state index contributed by atoms with van der Waals surface area (Å²) >= 11 is 0. The van der Waals surface area contributed by atoms with Gasteiger partial charge in [-0.15, -0.1) is 5.10 Å². The first-order valence-corrected chi connectivity index (χ1v) is 6.45. The van der Waals surface area contributed by atoms with Gasteiger partial charge in [0.05, 0.1) is 24.2 Å². The van der Waals surface area contributed by atoms with E-state index in [1.807, 2.05) is 0 Å². The van der Waals surface area contributed by atoms with Crippen LogP contribution in [0.25, 0.3) is 11.4 Å². The van der Waals surface area contributed by atoms with Gasteiger partial charge in [0.15, 0.2) is 12.6 Å². The second-order valence-corrected chi connectivity index (χ2v) is 4.77. The highest BCUT2D eigenvalue weighted by molar-refractivity contribution is 5.67. The van der Waals surface area contributed by atoms with Gasteiger partial charge in [0.25, 0.3) is 0 Å². The second-order valence-electron chi connectivity index (χ2n) is 4.77. The van der Waals surface area contributed by atoms with Crippen LogP contribution in [0.2, 0.25) is 0 Å². The number of aliphatic hydroxyl groups excluding tert-OH is 1. The molecule has 0 bridgehead atoms. The molecule has 0 spiro atoms. The highest BCUT2D eigenvalue weighted by Crippen LogP contribution is 2.14. The first-order chi connectivity index (χ1) is 9.72. The van der Waals surface area contributed by atoms with Crippen molar-refractivity contribution in [2.24, 2.45) is 0 Å². The Morgan fingerprint density at radius 1 is 1.45 bits per heavy atom. The Labute approximate surface area is 115 Å². The van der Waals surface area contributed by atoms with E-state index in [0.29, 0.717) is 31.8 Å². The van der Waals surface area contributed by atoms with E-state index in [4.69, 9.17) is 4.74 Å². The summed E-state index contributed by atoms with van der Waals surface area (Å²) in [6.45, 7) is 1.14. The molecule has 0 saturated carbocycles. The van der Waals surface area contributed by atoms with Crippen LogP contribution in [0.4, 0.5) is 4.79 Å².